The number of alkyl halides is 1. The van der Waals surface area contributed by atoms with Crippen molar-refractivity contribution in [2.45, 2.75) is 39.3 Å². The van der Waals surface area contributed by atoms with Crippen LogP contribution in [0.4, 0.5) is 0 Å². The maximum atomic E-state index is 5.80. The lowest BCUT2D eigenvalue weighted by molar-refractivity contribution is 0.445. The molecule has 90 valence electrons. The van der Waals surface area contributed by atoms with Crippen LogP contribution < -0.4 is 5.32 Å². The summed E-state index contributed by atoms with van der Waals surface area (Å²) in [7, 11) is 0. The average Bonchev–Trinajstić information content (AvgIpc) is 2.89. The number of hydrogen-bond acceptors (Lipinski definition) is 2. The number of aryl methyl sites for hydroxylation is 1. The molecular formula is C12H20ClN3. The Labute approximate surface area is 102 Å². The van der Waals surface area contributed by atoms with Gasteiger partial charge in [-0.1, -0.05) is 0 Å². The van der Waals surface area contributed by atoms with Gasteiger partial charge in [0.2, 0.25) is 0 Å². The van der Waals surface area contributed by atoms with E-state index in [9.17, 15) is 0 Å². The highest BCUT2D eigenvalue weighted by Gasteiger charge is 2.40. The maximum Gasteiger partial charge on any atom is 0.0534 e. The molecule has 0 amide bonds. The second-order valence-electron chi connectivity index (χ2n) is 4.75. The van der Waals surface area contributed by atoms with Crippen molar-refractivity contribution in [3.8, 4) is 0 Å². The third kappa shape index (κ3) is 2.98. The highest BCUT2D eigenvalue weighted by atomic mass is 35.5. The molecule has 0 unspecified atom stereocenters. The first kappa shape index (κ1) is 11.9. The summed E-state index contributed by atoms with van der Waals surface area (Å²) in [4.78, 5) is 0. The van der Waals surface area contributed by atoms with Crippen molar-refractivity contribution in [3.63, 3.8) is 0 Å². The quantitative estimate of drug-likeness (QED) is 0.743. The Morgan fingerprint density at radius 3 is 2.94 bits per heavy atom. The van der Waals surface area contributed by atoms with Crippen molar-refractivity contribution < 1.29 is 0 Å². The van der Waals surface area contributed by atoms with E-state index in [0.717, 1.165) is 31.9 Å². The van der Waals surface area contributed by atoms with Gasteiger partial charge in [-0.15, -0.1) is 11.6 Å². The average molecular weight is 242 g/mol. The Balaban J connectivity index is 1.71. The molecule has 1 saturated carbocycles. The summed E-state index contributed by atoms with van der Waals surface area (Å²) in [5.41, 5.74) is 1.78. The summed E-state index contributed by atoms with van der Waals surface area (Å²) in [5, 5.41) is 7.77. The minimum Gasteiger partial charge on any atom is -0.312 e. The molecule has 1 aromatic rings. The van der Waals surface area contributed by atoms with Crippen molar-refractivity contribution in [1.82, 2.24) is 15.1 Å². The first-order valence-electron chi connectivity index (χ1n) is 6.06. The van der Waals surface area contributed by atoms with Gasteiger partial charge in [-0.25, -0.2) is 0 Å². The first-order valence-corrected chi connectivity index (χ1v) is 6.59. The Bertz CT molecular complexity index is 331. The van der Waals surface area contributed by atoms with Crippen molar-refractivity contribution in [1.29, 1.82) is 0 Å². The summed E-state index contributed by atoms with van der Waals surface area (Å²) in [5.74, 6) is 0.787. The molecule has 0 aromatic carbocycles. The van der Waals surface area contributed by atoms with Crippen LogP contribution in [0.15, 0.2) is 12.4 Å². The van der Waals surface area contributed by atoms with Crippen molar-refractivity contribution >= 4 is 11.6 Å². The van der Waals surface area contributed by atoms with Crippen LogP contribution >= 0.6 is 11.6 Å². The summed E-state index contributed by atoms with van der Waals surface area (Å²) in [6, 6.07) is 0. The summed E-state index contributed by atoms with van der Waals surface area (Å²) in [6.45, 7) is 5.06. The molecule has 2 rings (SSSR count). The smallest absolute Gasteiger partial charge is 0.0534 e. The highest BCUT2D eigenvalue weighted by molar-refractivity contribution is 6.17. The normalized spacial score (nSPS) is 17.6. The minimum atomic E-state index is 0.516. The van der Waals surface area contributed by atoms with Gasteiger partial charge in [-0.05, 0) is 31.6 Å². The van der Waals surface area contributed by atoms with Crippen molar-refractivity contribution in [2.24, 2.45) is 5.41 Å². The standard InChI is InChI=1S/C12H20ClN3/c1-2-16-9-11(8-15-16)7-14-10-12(3-4-12)5-6-13/h8-9,14H,2-7,10H2,1H3. The van der Waals surface area contributed by atoms with E-state index in [4.69, 9.17) is 11.6 Å². The zero-order chi connectivity index (χ0) is 11.4. The Hall–Kier alpha value is -0.540. The van der Waals surface area contributed by atoms with E-state index in [1.165, 1.54) is 18.4 Å². The third-order valence-corrected chi connectivity index (χ3v) is 3.61. The predicted octanol–water partition coefficient (Wildman–Crippen LogP) is 2.40. The van der Waals surface area contributed by atoms with Crippen LogP contribution in [0, 0.1) is 5.41 Å². The number of hydrogen-bond donors (Lipinski definition) is 1. The lowest BCUT2D eigenvalue weighted by atomic mass is 10.0. The topological polar surface area (TPSA) is 29.9 Å². The van der Waals surface area contributed by atoms with Gasteiger partial charge in [0.1, 0.15) is 0 Å². The lowest BCUT2D eigenvalue weighted by Gasteiger charge is -2.13. The van der Waals surface area contributed by atoms with Gasteiger partial charge in [0, 0.05) is 37.3 Å². The molecule has 0 saturated heterocycles. The molecule has 4 heteroatoms. The van der Waals surface area contributed by atoms with E-state index >= 15 is 0 Å². The van der Waals surface area contributed by atoms with Gasteiger partial charge < -0.3 is 5.32 Å². The molecule has 1 aliphatic rings. The van der Waals surface area contributed by atoms with Crippen LogP contribution in [-0.2, 0) is 13.1 Å². The Morgan fingerprint density at radius 2 is 2.38 bits per heavy atom. The SMILES string of the molecule is CCn1cc(CNCC2(CCCl)CC2)cn1. The van der Waals surface area contributed by atoms with E-state index < -0.39 is 0 Å². The van der Waals surface area contributed by atoms with Gasteiger partial charge in [-0.2, -0.15) is 5.10 Å². The lowest BCUT2D eigenvalue weighted by Crippen LogP contribution is -2.23. The van der Waals surface area contributed by atoms with Gasteiger partial charge in [0.15, 0.2) is 0 Å². The molecule has 1 heterocycles. The number of nitrogens with one attached hydrogen (secondary N) is 1. The van der Waals surface area contributed by atoms with E-state index in [0.29, 0.717) is 5.41 Å². The number of halogens is 1. The molecule has 3 nitrogen and oxygen atoms in total. The highest BCUT2D eigenvalue weighted by Crippen LogP contribution is 2.48. The molecule has 0 bridgehead atoms. The van der Waals surface area contributed by atoms with Crippen molar-refractivity contribution in [3.05, 3.63) is 18.0 Å². The van der Waals surface area contributed by atoms with Crippen LogP contribution in [0.1, 0.15) is 31.7 Å². The summed E-state index contributed by atoms with van der Waals surface area (Å²) in [6.07, 6.45) is 7.86. The van der Waals surface area contributed by atoms with Gasteiger partial charge in [0.25, 0.3) is 0 Å². The molecule has 1 fully saturated rings. The maximum absolute atomic E-state index is 5.80. The van der Waals surface area contributed by atoms with Crippen LogP contribution in [-0.4, -0.2) is 22.2 Å². The van der Waals surface area contributed by atoms with Crippen LogP contribution in [0.2, 0.25) is 0 Å². The second kappa shape index (κ2) is 5.19. The van der Waals surface area contributed by atoms with Gasteiger partial charge in [-0.3, -0.25) is 4.68 Å². The van der Waals surface area contributed by atoms with E-state index in [1.807, 2.05) is 10.9 Å². The number of nitrogens with zero attached hydrogens (tertiary/aromatic N) is 2. The van der Waals surface area contributed by atoms with E-state index in [1.54, 1.807) is 0 Å². The largest absolute Gasteiger partial charge is 0.312 e. The third-order valence-electron chi connectivity index (χ3n) is 3.42. The van der Waals surface area contributed by atoms with Gasteiger partial charge >= 0.3 is 0 Å². The second-order valence-corrected chi connectivity index (χ2v) is 5.12. The van der Waals surface area contributed by atoms with Crippen LogP contribution in [0.25, 0.3) is 0 Å². The first-order chi connectivity index (χ1) is 7.78. The molecule has 0 atom stereocenters. The van der Waals surface area contributed by atoms with Gasteiger partial charge in [0.05, 0.1) is 6.20 Å². The fraction of sp³-hybridized carbons (Fsp3) is 0.750. The molecule has 1 aliphatic carbocycles. The minimum absolute atomic E-state index is 0.516. The molecule has 0 aliphatic heterocycles. The zero-order valence-corrected chi connectivity index (χ0v) is 10.6. The van der Waals surface area contributed by atoms with E-state index in [-0.39, 0.29) is 0 Å². The van der Waals surface area contributed by atoms with E-state index in [2.05, 4.69) is 23.5 Å². The monoisotopic (exact) mass is 241 g/mol. The van der Waals surface area contributed by atoms with Crippen LogP contribution in [0.5, 0.6) is 0 Å². The molecule has 0 radical (unpaired) electrons. The fourth-order valence-electron chi connectivity index (χ4n) is 2.04. The Kier molecular flexibility index (Phi) is 3.87. The molecular weight excluding hydrogens is 222 g/mol. The predicted molar refractivity (Wildman–Crippen MR) is 66.6 cm³/mol. The molecule has 16 heavy (non-hydrogen) atoms. The Morgan fingerprint density at radius 1 is 1.56 bits per heavy atom. The summed E-state index contributed by atoms with van der Waals surface area (Å²) >= 11 is 5.80. The molecule has 1 N–H and O–H groups in total. The number of rotatable bonds is 7. The zero-order valence-electron chi connectivity index (χ0n) is 9.88. The molecule has 0 spiro atoms. The van der Waals surface area contributed by atoms with Crippen molar-refractivity contribution in [2.75, 3.05) is 12.4 Å². The summed E-state index contributed by atoms with van der Waals surface area (Å²) < 4.78 is 1.96. The fourth-order valence-corrected chi connectivity index (χ4v) is 2.44. The number of aromatic nitrogens is 2. The molecule has 1 aromatic heterocycles. The van der Waals surface area contributed by atoms with Crippen LogP contribution in [0.3, 0.4) is 0 Å².